The predicted octanol–water partition coefficient (Wildman–Crippen LogP) is 4.41. The molecule has 0 unspecified atom stereocenters. The lowest BCUT2D eigenvalue weighted by Crippen LogP contribution is -2.30. The van der Waals surface area contributed by atoms with Crippen molar-refractivity contribution in [3.8, 4) is 0 Å². The number of nitrogens with zero attached hydrogens (tertiary/aromatic N) is 3. The second kappa shape index (κ2) is 7.23. The molecule has 0 saturated carbocycles. The average molecular weight is 395 g/mol. The van der Waals surface area contributed by atoms with Crippen LogP contribution in [-0.2, 0) is 19.5 Å². The monoisotopic (exact) mass is 394 g/mol. The third-order valence-corrected chi connectivity index (χ3v) is 4.93. The molecule has 3 heterocycles. The van der Waals surface area contributed by atoms with Crippen LogP contribution >= 0.6 is 15.9 Å². The number of benzene rings is 1. The van der Waals surface area contributed by atoms with Gasteiger partial charge in [-0.2, -0.15) is 0 Å². The topological polar surface area (TPSA) is 41.0 Å². The summed E-state index contributed by atoms with van der Waals surface area (Å²) in [5.41, 5.74) is 4.01. The van der Waals surface area contributed by atoms with Crippen molar-refractivity contribution in [3.05, 3.63) is 82.1 Å². The first-order valence-corrected chi connectivity index (χ1v) is 9.19. The van der Waals surface area contributed by atoms with Gasteiger partial charge in [0.2, 0.25) is 0 Å². The lowest BCUT2D eigenvalue weighted by atomic mass is 10.00. The minimum absolute atomic E-state index is 0.713. The maximum Gasteiger partial charge on any atom is 0.128 e. The molecular formula is C20H19BrN4. The van der Waals surface area contributed by atoms with Crippen LogP contribution in [0.5, 0.6) is 0 Å². The van der Waals surface area contributed by atoms with E-state index in [1.807, 2.05) is 18.3 Å². The van der Waals surface area contributed by atoms with Crippen molar-refractivity contribution in [2.75, 3.05) is 16.8 Å². The molecule has 2 aromatic heterocycles. The van der Waals surface area contributed by atoms with Gasteiger partial charge in [0.25, 0.3) is 0 Å². The van der Waals surface area contributed by atoms with Gasteiger partial charge in [0.1, 0.15) is 11.6 Å². The fraction of sp³-hybridized carbons (Fsp3) is 0.200. The van der Waals surface area contributed by atoms with Crippen molar-refractivity contribution in [3.63, 3.8) is 0 Å². The Bertz CT molecular complexity index is 846. The SMILES string of the molecule is Brc1ccc(NCc2ccc(N3CCc4ccccc4C3)nc2)nc1. The van der Waals surface area contributed by atoms with Gasteiger partial charge < -0.3 is 10.2 Å². The summed E-state index contributed by atoms with van der Waals surface area (Å²) in [4.78, 5) is 11.3. The molecule has 1 aliphatic rings. The molecule has 126 valence electrons. The van der Waals surface area contributed by atoms with Crippen LogP contribution in [0, 0.1) is 0 Å². The highest BCUT2D eigenvalue weighted by Crippen LogP contribution is 2.23. The molecule has 0 atom stereocenters. The van der Waals surface area contributed by atoms with E-state index in [-0.39, 0.29) is 0 Å². The van der Waals surface area contributed by atoms with Crippen molar-refractivity contribution in [2.45, 2.75) is 19.5 Å². The highest BCUT2D eigenvalue weighted by molar-refractivity contribution is 9.10. The van der Waals surface area contributed by atoms with Gasteiger partial charge in [0.05, 0.1) is 0 Å². The van der Waals surface area contributed by atoms with Crippen LogP contribution in [0.3, 0.4) is 0 Å². The zero-order valence-electron chi connectivity index (χ0n) is 13.8. The van der Waals surface area contributed by atoms with Crippen LogP contribution in [0.15, 0.2) is 65.4 Å². The Labute approximate surface area is 156 Å². The second-order valence-corrected chi connectivity index (χ2v) is 7.10. The molecule has 0 saturated heterocycles. The first-order valence-electron chi connectivity index (χ1n) is 8.40. The van der Waals surface area contributed by atoms with E-state index < -0.39 is 0 Å². The van der Waals surface area contributed by atoms with Crippen LogP contribution in [0.25, 0.3) is 0 Å². The number of fused-ring (bicyclic) bond motifs is 1. The number of hydrogen-bond donors (Lipinski definition) is 1. The van der Waals surface area contributed by atoms with Gasteiger partial charge >= 0.3 is 0 Å². The van der Waals surface area contributed by atoms with Gasteiger partial charge in [-0.25, -0.2) is 9.97 Å². The first-order chi connectivity index (χ1) is 12.3. The van der Waals surface area contributed by atoms with Gasteiger partial charge in [-0.1, -0.05) is 30.3 Å². The molecule has 0 radical (unpaired) electrons. The fourth-order valence-electron chi connectivity index (χ4n) is 3.07. The number of halogens is 1. The van der Waals surface area contributed by atoms with Crippen LogP contribution < -0.4 is 10.2 Å². The van der Waals surface area contributed by atoms with Gasteiger partial charge in [-0.3, -0.25) is 0 Å². The molecule has 1 N–H and O–H groups in total. The summed E-state index contributed by atoms with van der Waals surface area (Å²) < 4.78 is 0.979. The lowest BCUT2D eigenvalue weighted by molar-refractivity contribution is 0.720. The van der Waals surface area contributed by atoms with Crippen LogP contribution in [0.4, 0.5) is 11.6 Å². The van der Waals surface area contributed by atoms with Crippen LogP contribution in [-0.4, -0.2) is 16.5 Å². The van der Waals surface area contributed by atoms with E-state index in [1.165, 1.54) is 11.1 Å². The second-order valence-electron chi connectivity index (χ2n) is 6.18. The van der Waals surface area contributed by atoms with E-state index in [0.29, 0.717) is 6.54 Å². The first kappa shape index (κ1) is 16.1. The van der Waals surface area contributed by atoms with E-state index in [0.717, 1.165) is 41.2 Å². The van der Waals surface area contributed by atoms with Gasteiger partial charge in [-0.15, -0.1) is 0 Å². The van der Waals surface area contributed by atoms with E-state index in [2.05, 4.69) is 72.5 Å². The summed E-state index contributed by atoms with van der Waals surface area (Å²) in [5, 5.41) is 3.31. The molecule has 0 spiro atoms. The zero-order valence-corrected chi connectivity index (χ0v) is 15.4. The maximum atomic E-state index is 4.66. The Balaban J connectivity index is 1.39. The number of hydrogen-bond acceptors (Lipinski definition) is 4. The molecule has 0 bridgehead atoms. The van der Waals surface area contributed by atoms with Crippen molar-refractivity contribution >= 4 is 27.6 Å². The van der Waals surface area contributed by atoms with Gasteiger partial charge in [0.15, 0.2) is 0 Å². The van der Waals surface area contributed by atoms with Crippen molar-refractivity contribution in [2.24, 2.45) is 0 Å². The van der Waals surface area contributed by atoms with E-state index in [4.69, 9.17) is 0 Å². The Morgan fingerprint density at radius 1 is 0.960 bits per heavy atom. The minimum Gasteiger partial charge on any atom is -0.366 e. The molecule has 1 aromatic carbocycles. The number of aromatic nitrogens is 2. The molecule has 0 aliphatic carbocycles. The Morgan fingerprint density at radius 2 is 1.84 bits per heavy atom. The number of pyridine rings is 2. The van der Waals surface area contributed by atoms with E-state index in [1.54, 1.807) is 6.20 Å². The van der Waals surface area contributed by atoms with Crippen LogP contribution in [0.1, 0.15) is 16.7 Å². The van der Waals surface area contributed by atoms with E-state index >= 15 is 0 Å². The Morgan fingerprint density at radius 3 is 2.60 bits per heavy atom. The molecule has 4 nitrogen and oxygen atoms in total. The predicted molar refractivity (Wildman–Crippen MR) is 105 cm³/mol. The van der Waals surface area contributed by atoms with Gasteiger partial charge in [0, 0.05) is 36.5 Å². The van der Waals surface area contributed by atoms with Crippen LogP contribution in [0.2, 0.25) is 0 Å². The molecular weight excluding hydrogens is 376 g/mol. The Hall–Kier alpha value is -2.40. The summed E-state index contributed by atoms with van der Waals surface area (Å²) in [7, 11) is 0. The third-order valence-electron chi connectivity index (χ3n) is 4.46. The molecule has 1 aliphatic heterocycles. The minimum atomic E-state index is 0.713. The highest BCUT2D eigenvalue weighted by Gasteiger charge is 2.16. The summed E-state index contributed by atoms with van der Waals surface area (Å²) in [6.45, 7) is 2.67. The number of anilines is 2. The van der Waals surface area contributed by atoms with Crippen molar-refractivity contribution in [1.29, 1.82) is 0 Å². The largest absolute Gasteiger partial charge is 0.366 e. The summed E-state index contributed by atoms with van der Waals surface area (Å²) in [6, 6.07) is 16.8. The summed E-state index contributed by atoms with van der Waals surface area (Å²) >= 11 is 3.39. The Kier molecular flexibility index (Phi) is 4.65. The molecule has 25 heavy (non-hydrogen) atoms. The summed E-state index contributed by atoms with van der Waals surface area (Å²) in [6.07, 6.45) is 4.82. The molecule has 4 rings (SSSR count). The smallest absolute Gasteiger partial charge is 0.128 e. The molecule has 0 fully saturated rings. The number of nitrogens with one attached hydrogen (secondary N) is 1. The standard InChI is InChI=1S/C20H19BrN4/c21-18-6-7-19(23-13-18)22-11-15-5-8-20(24-12-15)25-10-9-16-3-1-2-4-17(16)14-25/h1-8,12-13H,9-11,14H2,(H,22,23). The molecule has 3 aromatic rings. The third kappa shape index (κ3) is 3.82. The van der Waals surface area contributed by atoms with Crippen molar-refractivity contribution in [1.82, 2.24) is 9.97 Å². The zero-order chi connectivity index (χ0) is 17.1. The highest BCUT2D eigenvalue weighted by atomic mass is 79.9. The quantitative estimate of drug-likeness (QED) is 0.711. The maximum absolute atomic E-state index is 4.66. The van der Waals surface area contributed by atoms with Gasteiger partial charge in [-0.05, 0) is 57.2 Å². The normalized spacial score (nSPS) is 13.4. The lowest BCUT2D eigenvalue weighted by Gasteiger charge is -2.29. The molecule has 0 amide bonds. The number of rotatable bonds is 4. The van der Waals surface area contributed by atoms with Crippen molar-refractivity contribution < 1.29 is 0 Å². The fourth-order valence-corrected chi connectivity index (χ4v) is 3.31. The average Bonchev–Trinajstić information content (AvgIpc) is 2.68. The molecule has 5 heteroatoms. The summed E-state index contributed by atoms with van der Waals surface area (Å²) in [5.74, 6) is 1.90. The van der Waals surface area contributed by atoms with E-state index in [9.17, 15) is 0 Å².